The lowest BCUT2D eigenvalue weighted by Crippen LogP contribution is -2.48. The van der Waals surface area contributed by atoms with Gasteiger partial charge in [0.25, 0.3) is 5.88 Å². The molecule has 1 aromatic rings. The van der Waals surface area contributed by atoms with E-state index in [0.717, 1.165) is 30.0 Å². The molecule has 0 fully saturated rings. The van der Waals surface area contributed by atoms with Crippen molar-refractivity contribution in [1.29, 1.82) is 0 Å². The third-order valence-corrected chi connectivity index (χ3v) is 2.79. The molecule has 0 aliphatic rings. The van der Waals surface area contributed by atoms with Crippen molar-refractivity contribution < 1.29 is 4.42 Å². The topological polar surface area (TPSA) is 13.1 Å². The van der Waals surface area contributed by atoms with Crippen LogP contribution in [-0.4, -0.2) is 19.6 Å². The Labute approximate surface area is 74.4 Å². The first-order valence-corrected chi connectivity index (χ1v) is 4.69. The van der Waals surface area contributed by atoms with E-state index in [0.29, 0.717) is 0 Å². The van der Waals surface area contributed by atoms with Gasteiger partial charge in [-0.15, -0.1) is 0 Å². The van der Waals surface area contributed by atoms with Gasteiger partial charge in [-0.1, -0.05) is 0 Å². The third kappa shape index (κ3) is 1.39. The van der Waals surface area contributed by atoms with Gasteiger partial charge in [-0.2, -0.15) is 0 Å². The molecular formula is C10H18NO+. The molecule has 2 nitrogen and oxygen atoms in total. The SMILES string of the molecule is CC[N+](CC)(CC)c1ccco1. The monoisotopic (exact) mass is 168 g/mol. The minimum atomic E-state index is 0.951. The van der Waals surface area contributed by atoms with Gasteiger partial charge in [-0.05, 0) is 26.8 Å². The van der Waals surface area contributed by atoms with Crippen LogP contribution in [0.2, 0.25) is 0 Å². The zero-order valence-corrected chi connectivity index (χ0v) is 8.21. The van der Waals surface area contributed by atoms with Crippen LogP contribution in [0.25, 0.3) is 0 Å². The maximum absolute atomic E-state index is 5.44. The fraction of sp³-hybridized carbons (Fsp3) is 0.600. The summed E-state index contributed by atoms with van der Waals surface area (Å²) >= 11 is 0. The lowest BCUT2D eigenvalue weighted by molar-refractivity contribution is 0.264. The minimum Gasteiger partial charge on any atom is -0.421 e. The highest BCUT2D eigenvalue weighted by Crippen LogP contribution is 2.22. The van der Waals surface area contributed by atoms with Crippen molar-refractivity contribution in [1.82, 2.24) is 4.48 Å². The number of furan rings is 1. The van der Waals surface area contributed by atoms with E-state index in [1.54, 1.807) is 6.26 Å². The second kappa shape index (κ2) is 3.76. The van der Waals surface area contributed by atoms with Crippen LogP contribution >= 0.6 is 0 Å². The van der Waals surface area contributed by atoms with Crippen molar-refractivity contribution in [2.75, 3.05) is 19.6 Å². The molecule has 12 heavy (non-hydrogen) atoms. The normalized spacial score (nSPS) is 11.9. The highest BCUT2D eigenvalue weighted by molar-refractivity contribution is 5.29. The second-order valence-electron chi connectivity index (χ2n) is 3.05. The lowest BCUT2D eigenvalue weighted by Gasteiger charge is -2.31. The Hall–Kier alpha value is -0.760. The van der Waals surface area contributed by atoms with Gasteiger partial charge in [0, 0.05) is 6.07 Å². The molecule has 0 radical (unpaired) electrons. The minimum absolute atomic E-state index is 0.951. The van der Waals surface area contributed by atoms with Crippen LogP contribution in [-0.2, 0) is 0 Å². The molecule has 0 aliphatic carbocycles. The van der Waals surface area contributed by atoms with Crippen LogP contribution in [0.3, 0.4) is 0 Å². The van der Waals surface area contributed by atoms with E-state index in [9.17, 15) is 0 Å². The van der Waals surface area contributed by atoms with Crippen LogP contribution < -0.4 is 4.48 Å². The lowest BCUT2D eigenvalue weighted by atomic mass is 10.3. The number of hydrogen-bond acceptors (Lipinski definition) is 1. The van der Waals surface area contributed by atoms with Gasteiger partial charge in [0.2, 0.25) is 0 Å². The summed E-state index contributed by atoms with van der Waals surface area (Å²) in [6, 6.07) is 4.03. The summed E-state index contributed by atoms with van der Waals surface area (Å²) in [5.74, 6) is 1.09. The van der Waals surface area contributed by atoms with Crippen LogP contribution in [0, 0.1) is 0 Å². The third-order valence-electron chi connectivity index (χ3n) is 2.79. The van der Waals surface area contributed by atoms with Crippen molar-refractivity contribution in [3.8, 4) is 0 Å². The van der Waals surface area contributed by atoms with Gasteiger partial charge in [0.1, 0.15) is 0 Å². The standard InChI is InChI=1S/C10H18NO/c1-4-11(5-2,6-3)10-8-7-9-12-10/h7-9H,4-6H2,1-3H3/q+1. The summed E-state index contributed by atoms with van der Waals surface area (Å²) in [4.78, 5) is 0. The van der Waals surface area contributed by atoms with Crippen LogP contribution in [0.1, 0.15) is 20.8 Å². The van der Waals surface area contributed by atoms with Gasteiger partial charge >= 0.3 is 0 Å². The maximum atomic E-state index is 5.44. The molecule has 0 unspecified atom stereocenters. The first-order valence-electron chi connectivity index (χ1n) is 4.69. The summed E-state index contributed by atoms with van der Waals surface area (Å²) in [7, 11) is 0. The molecule has 0 atom stereocenters. The Bertz CT molecular complexity index is 203. The Morgan fingerprint density at radius 3 is 2.08 bits per heavy atom. The number of hydrogen-bond donors (Lipinski definition) is 0. The van der Waals surface area contributed by atoms with Crippen LogP contribution in [0.4, 0.5) is 5.88 Å². The largest absolute Gasteiger partial charge is 0.421 e. The highest BCUT2D eigenvalue weighted by atomic mass is 16.3. The van der Waals surface area contributed by atoms with Gasteiger partial charge in [-0.3, -0.25) is 4.48 Å². The van der Waals surface area contributed by atoms with E-state index in [4.69, 9.17) is 4.42 Å². The summed E-state index contributed by atoms with van der Waals surface area (Å²) in [6.45, 7) is 9.90. The molecule has 68 valence electrons. The Balaban J connectivity index is 2.93. The summed E-state index contributed by atoms with van der Waals surface area (Å²) in [5, 5.41) is 0. The predicted octanol–water partition coefficient (Wildman–Crippen LogP) is 2.65. The number of quaternary nitrogens is 1. The van der Waals surface area contributed by atoms with Crippen molar-refractivity contribution in [3.05, 3.63) is 18.4 Å². The molecule has 0 saturated heterocycles. The molecule has 0 aromatic carbocycles. The zero-order valence-electron chi connectivity index (χ0n) is 8.21. The number of rotatable bonds is 4. The quantitative estimate of drug-likeness (QED) is 0.630. The van der Waals surface area contributed by atoms with E-state index in [-0.39, 0.29) is 0 Å². The summed E-state index contributed by atoms with van der Waals surface area (Å²) < 4.78 is 6.40. The van der Waals surface area contributed by atoms with Crippen LogP contribution in [0.15, 0.2) is 22.8 Å². The Kier molecular flexibility index (Phi) is 2.93. The van der Waals surface area contributed by atoms with Crippen molar-refractivity contribution in [2.45, 2.75) is 20.8 Å². The molecule has 0 saturated carbocycles. The van der Waals surface area contributed by atoms with Crippen molar-refractivity contribution in [2.24, 2.45) is 0 Å². The van der Waals surface area contributed by atoms with E-state index in [2.05, 4.69) is 26.8 Å². The van der Waals surface area contributed by atoms with E-state index < -0.39 is 0 Å². The van der Waals surface area contributed by atoms with E-state index in [1.807, 2.05) is 6.07 Å². The average Bonchev–Trinajstić information content (AvgIpc) is 2.62. The first kappa shape index (κ1) is 9.33. The maximum Gasteiger partial charge on any atom is 0.296 e. The van der Waals surface area contributed by atoms with Gasteiger partial charge in [0.15, 0.2) is 0 Å². The smallest absolute Gasteiger partial charge is 0.296 e. The molecule has 0 N–H and O–H groups in total. The summed E-state index contributed by atoms with van der Waals surface area (Å²) in [6.07, 6.45) is 1.75. The first-order chi connectivity index (χ1) is 5.79. The van der Waals surface area contributed by atoms with Gasteiger partial charge < -0.3 is 4.42 Å². The Morgan fingerprint density at radius 2 is 1.75 bits per heavy atom. The molecule has 1 rings (SSSR count). The molecule has 2 heteroatoms. The number of nitrogens with zero attached hydrogens (tertiary/aromatic N) is 1. The molecule has 0 spiro atoms. The average molecular weight is 168 g/mol. The fourth-order valence-corrected chi connectivity index (χ4v) is 1.68. The van der Waals surface area contributed by atoms with Crippen LogP contribution in [0.5, 0.6) is 0 Å². The van der Waals surface area contributed by atoms with E-state index >= 15 is 0 Å². The fourth-order valence-electron chi connectivity index (χ4n) is 1.68. The second-order valence-corrected chi connectivity index (χ2v) is 3.05. The zero-order chi connectivity index (χ0) is 9.03. The van der Waals surface area contributed by atoms with Crippen molar-refractivity contribution >= 4 is 5.88 Å². The highest BCUT2D eigenvalue weighted by Gasteiger charge is 2.26. The Morgan fingerprint density at radius 1 is 1.17 bits per heavy atom. The molecular weight excluding hydrogens is 150 g/mol. The molecule has 0 amide bonds. The predicted molar refractivity (Wildman–Crippen MR) is 52.1 cm³/mol. The molecule has 0 bridgehead atoms. The summed E-state index contributed by atoms with van der Waals surface area (Å²) in [5.41, 5.74) is 0. The van der Waals surface area contributed by atoms with Gasteiger partial charge in [-0.25, -0.2) is 0 Å². The van der Waals surface area contributed by atoms with Gasteiger partial charge in [0.05, 0.1) is 25.9 Å². The van der Waals surface area contributed by atoms with Crippen molar-refractivity contribution in [3.63, 3.8) is 0 Å². The molecule has 1 heterocycles. The van der Waals surface area contributed by atoms with E-state index in [1.165, 1.54) is 0 Å². The molecule has 0 aliphatic heterocycles. The molecule has 1 aromatic heterocycles.